The lowest BCUT2D eigenvalue weighted by molar-refractivity contribution is 0.208. The number of ether oxygens (including phenoxy) is 2. The molecule has 0 spiro atoms. The Morgan fingerprint density at radius 3 is 2.82 bits per heavy atom. The predicted octanol–water partition coefficient (Wildman–Crippen LogP) is 5.77. The second kappa shape index (κ2) is 8.37. The van der Waals surface area contributed by atoms with Gasteiger partial charge in [0.15, 0.2) is 11.5 Å². The van der Waals surface area contributed by atoms with E-state index in [-0.39, 0.29) is 6.10 Å². The average Bonchev–Trinajstić information content (AvgIpc) is 3.10. The molecule has 0 amide bonds. The van der Waals surface area contributed by atoms with Gasteiger partial charge in [-0.2, -0.15) is 5.26 Å². The SMILES string of the molecule is CC[C@H](C)Oc1c(Cl)cc(/C=C(/C#N)c2nc3ccc(C)cc3[nH]2)cc1OC. The summed E-state index contributed by atoms with van der Waals surface area (Å²) in [5, 5.41) is 10.1. The zero-order valence-electron chi connectivity index (χ0n) is 16.3. The highest BCUT2D eigenvalue weighted by Gasteiger charge is 2.15. The number of benzene rings is 2. The van der Waals surface area contributed by atoms with Gasteiger partial charge in [-0.25, -0.2) is 4.98 Å². The molecule has 1 N–H and O–H groups in total. The van der Waals surface area contributed by atoms with E-state index in [0.29, 0.717) is 27.9 Å². The van der Waals surface area contributed by atoms with Crippen LogP contribution < -0.4 is 9.47 Å². The molecule has 0 bridgehead atoms. The maximum absolute atomic E-state index is 9.65. The maximum Gasteiger partial charge on any atom is 0.180 e. The second-order valence-corrected chi connectivity index (χ2v) is 7.05. The minimum atomic E-state index is 0.0152. The summed E-state index contributed by atoms with van der Waals surface area (Å²) >= 11 is 6.43. The summed E-state index contributed by atoms with van der Waals surface area (Å²) in [7, 11) is 1.56. The van der Waals surface area contributed by atoms with E-state index in [1.54, 1.807) is 25.3 Å². The van der Waals surface area contributed by atoms with Crippen molar-refractivity contribution >= 4 is 34.3 Å². The molecule has 0 fully saturated rings. The molecule has 3 rings (SSSR count). The normalized spacial score (nSPS) is 12.6. The van der Waals surface area contributed by atoms with Crippen molar-refractivity contribution in [2.45, 2.75) is 33.3 Å². The van der Waals surface area contributed by atoms with Gasteiger partial charge in [0.05, 0.1) is 34.8 Å². The standard InChI is InChI=1S/C22H22ClN3O2/c1-5-14(3)28-21-17(23)10-15(11-20(21)27-4)9-16(12-24)22-25-18-7-6-13(2)8-19(18)26-22/h6-11,14H,5H2,1-4H3,(H,25,26)/b16-9-/t14-/m0/s1. The molecule has 6 heteroatoms. The van der Waals surface area contributed by atoms with Crippen LogP contribution in [0.4, 0.5) is 0 Å². The quantitative estimate of drug-likeness (QED) is 0.537. The lowest BCUT2D eigenvalue weighted by Crippen LogP contribution is -2.11. The van der Waals surface area contributed by atoms with E-state index < -0.39 is 0 Å². The number of methoxy groups -OCH3 is 1. The Kier molecular flexibility index (Phi) is 5.91. The van der Waals surface area contributed by atoms with Crippen molar-refractivity contribution in [1.29, 1.82) is 5.26 Å². The van der Waals surface area contributed by atoms with Gasteiger partial charge >= 0.3 is 0 Å². The third-order valence-electron chi connectivity index (χ3n) is 4.47. The van der Waals surface area contributed by atoms with Gasteiger partial charge in [-0.15, -0.1) is 0 Å². The van der Waals surface area contributed by atoms with Crippen molar-refractivity contribution in [1.82, 2.24) is 9.97 Å². The number of allylic oxidation sites excluding steroid dienone is 1. The maximum atomic E-state index is 9.65. The van der Waals surface area contributed by atoms with E-state index in [0.717, 1.165) is 28.6 Å². The molecule has 1 aromatic heterocycles. The van der Waals surface area contributed by atoms with Crippen LogP contribution in [0.3, 0.4) is 0 Å². The number of halogens is 1. The first-order valence-corrected chi connectivity index (χ1v) is 9.45. The Bertz CT molecular complexity index is 1080. The summed E-state index contributed by atoms with van der Waals surface area (Å²) in [6.07, 6.45) is 2.60. The minimum absolute atomic E-state index is 0.0152. The molecule has 0 saturated heterocycles. The number of H-pyrrole nitrogens is 1. The highest BCUT2D eigenvalue weighted by atomic mass is 35.5. The Balaban J connectivity index is 2.02. The molecule has 0 aliphatic carbocycles. The molecule has 3 aromatic rings. The molecule has 1 heterocycles. The van der Waals surface area contributed by atoms with E-state index in [9.17, 15) is 5.26 Å². The smallest absolute Gasteiger partial charge is 0.180 e. The van der Waals surface area contributed by atoms with Gasteiger partial charge < -0.3 is 14.5 Å². The van der Waals surface area contributed by atoms with Gasteiger partial charge in [-0.1, -0.05) is 24.6 Å². The van der Waals surface area contributed by atoms with Gasteiger partial charge in [0.1, 0.15) is 11.9 Å². The third kappa shape index (κ3) is 4.13. The van der Waals surface area contributed by atoms with Crippen LogP contribution in [-0.4, -0.2) is 23.2 Å². The summed E-state index contributed by atoms with van der Waals surface area (Å²) in [4.78, 5) is 7.72. The van der Waals surface area contributed by atoms with E-state index in [1.807, 2.05) is 39.0 Å². The Morgan fingerprint density at radius 2 is 2.14 bits per heavy atom. The van der Waals surface area contributed by atoms with Gasteiger partial charge in [0, 0.05) is 0 Å². The van der Waals surface area contributed by atoms with Crippen LogP contribution in [0.15, 0.2) is 30.3 Å². The van der Waals surface area contributed by atoms with Gasteiger partial charge in [0.2, 0.25) is 0 Å². The summed E-state index contributed by atoms with van der Waals surface area (Å²) in [5.74, 6) is 1.54. The summed E-state index contributed by atoms with van der Waals surface area (Å²) in [6, 6.07) is 11.7. The summed E-state index contributed by atoms with van der Waals surface area (Å²) < 4.78 is 11.3. The number of aromatic nitrogens is 2. The van der Waals surface area contributed by atoms with Crippen molar-refractivity contribution in [3.05, 3.63) is 52.3 Å². The van der Waals surface area contributed by atoms with Gasteiger partial charge in [-0.3, -0.25) is 0 Å². The lowest BCUT2D eigenvalue weighted by Gasteiger charge is -2.17. The molecule has 2 aromatic carbocycles. The molecule has 28 heavy (non-hydrogen) atoms. The fraction of sp³-hybridized carbons (Fsp3) is 0.273. The first-order valence-electron chi connectivity index (χ1n) is 9.07. The lowest BCUT2D eigenvalue weighted by atomic mass is 10.1. The highest BCUT2D eigenvalue weighted by molar-refractivity contribution is 6.32. The Morgan fingerprint density at radius 1 is 1.36 bits per heavy atom. The Hall–Kier alpha value is -2.97. The van der Waals surface area contributed by atoms with Gasteiger partial charge in [-0.05, 0) is 61.7 Å². The number of rotatable bonds is 6. The fourth-order valence-corrected chi connectivity index (χ4v) is 3.06. The van der Waals surface area contributed by atoms with Crippen LogP contribution in [0.25, 0.3) is 22.7 Å². The molecule has 0 aliphatic rings. The number of nitrogens with zero attached hydrogens (tertiary/aromatic N) is 2. The molecule has 0 saturated carbocycles. The third-order valence-corrected chi connectivity index (χ3v) is 4.75. The van der Waals surface area contributed by atoms with Crippen LogP contribution in [0.1, 0.15) is 37.2 Å². The van der Waals surface area contributed by atoms with Crippen LogP contribution in [-0.2, 0) is 0 Å². The number of fused-ring (bicyclic) bond motifs is 1. The number of nitrogens with one attached hydrogen (secondary N) is 1. The van der Waals surface area contributed by atoms with Crippen LogP contribution in [0.5, 0.6) is 11.5 Å². The zero-order valence-corrected chi connectivity index (χ0v) is 17.1. The highest BCUT2D eigenvalue weighted by Crippen LogP contribution is 2.38. The van der Waals surface area contributed by atoms with Crippen molar-refractivity contribution < 1.29 is 9.47 Å². The largest absolute Gasteiger partial charge is 0.493 e. The van der Waals surface area contributed by atoms with Crippen LogP contribution in [0, 0.1) is 18.3 Å². The summed E-state index contributed by atoms with van der Waals surface area (Å²) in [6.45, 7) is 6.02. The number of aromatic amines is 1. The molecule has 5 nitrogen and oxygen atoms in total. The number of nitriles is 1. The van der Waals surface area contributed by atoms with Crippen molar-refractivity contribution in [2.75, 3.05) is 7.11 Å². The van der Waals surface area contributed by atoms with Crippen LogP contribution in [0.2, 0.25) is 5.02 Å². The topological polar surface area (TPSA) is 70.9 Å². The number of hydrogen-bond donors (Lipinski definition) is 1. The first-order chi connectivity index (χ1) is 13.4. The monoisotopic (exact) mass is 395 g/mol. The van der Waals surface area contributed by atoms with Gasteiger partial charge in [0.25, 0.3) is 0 Å². The summed E-state index contributed by atoms with van der Waals surface area (Å²) in [5.41, 5.74) is 3.96. The number of hydrogen-bond acceptors (Lipinski definition) is 4. The molecule has 144 valence electrons. The Labute approximate surface area is 169 Å². The van der Waals surface area contributed by atoms with E-state index in [1.165, 1.54) is 0 Å². The molecule has 0 radical (unpaired) electrons. The van der Waals surface area contributed by atoms with Crippen molar-refractivity contribution in [3.8, 4) is 17.6 Å². The van der Waals surface area contributed by atoms with E-state index in [4.69, 9.17) is 21.1 Å². The fourth-order valence-electron chi connectivity index (χ4n) is 2.79. The molecular weight excluding hydrogens is 374 g/mol. The number of aryl methyl sites for hydroxylation is 1. The zero-order chi connectivity index (χ0) is 20.3. The molecular formula is C22H22ClN3O2. The molecule has 0 unspecified atom stereocenters. The van der Waals surface area contributed by atoms with E-state index in [2.05, 4.69) is 16.0 Å². The van der Waals surface area contributed by atoms with Crippen LogP contribution >= 0.6 is 11.6 Å². The predicted molar refractivity (Wildman–Crippen MR) is 113 cm³/mol. The average molecular weight is 396 g/mol. The first kappa shape index (κ1) is 19.8. The van der Waals surface area contributed by atoms with Crippen molar-refractivity contribution in [3.63, 3.8) is 0 Å². The second-order valence-electron chi connectivity index (χ2n) is 6.65. The van der Waals surface area contributed by atoms with E-state index >= 15 is 0 Å². The molecule has 1 atom stereocenters. The minimum Gasteiger partial charge on any atom is -0.493 e. The molecule has 0 aliphatic heterocycles. The number of imidazole rings is 1. The van der Waals surface area contributed by atoms with Crippen molar-refractivity contribution in [2.24, 2.45) is 0 Å².